The number of carbonyl (C=O) groups is 2. The molecular formula is C25H18ClF3N2O5S. The molecule has 0 amide bonds. The maximum atomic E-state index is 13.6. The Morgan fingerprint density at radius 2 is 1.65 bits per heavy atom. The van der Waals surface area contributed by atoms with Gasteiger partial charge in [-0.25, -0.2) is 13.2 Å². The van der Waals surface area contributed by atoms with E-state index >= 15 is 0 Å². The lowest BCUT2D eigenvalue weighted by Gasteiger charge is -2.26. The zero-order chi connectivity index (χ0) is 27.0. The van der Waals surface area contributed by atoms with E-state index in [0.717, 1.165) is 10.6 Å². The first-order valence-corrected chi connectivity index (χ1v) is 12.4. The fourth-order valence-electron chi connectivity index (χ4n) is 3.76. The minimum atomic E-state index is -4.79. The highest BCUT2D eigenvalue weighted by molar-refractivity contribution is 7.92. The Morgan fingerprint density at radius 1 is 1.00 bits per heavy atom. The Morgan fingerprint density at radius 3 is 2.30 bits per heavy atom. The number of methoxy groups -OCH3 is 1. The number of halogens is 4. The van der Waals surface area contributed by atoms with Crippen LogP contribution < -0.4 is 4.31 Å². The van der Waals surface area contributed by atoms with Crippen LogP contribution in [0, 0.1) is 0 Å². The van der Waals surface area contributed by atoms with Gasteiger partial charge < -0.3 is 4.74 Å². The van der Waals surface area contributed by atoms with Gasteiger partial charge in [0.2, 0.25) is 0 Å². The van der Waals surface area contributed by atoms with E-state index in [1.54, 1.807) is 24.3 Å². The molecule has 0 aliphatic heterocycles. The van der Waals surface area contributed by atoms with Crippen molar-refractivity contribution in [2.45, 2.75) is 11.1 Å². The Bertz CT molecular complexity index is 1600. The van der Waals surface area contributed by atoms with E-state index in [1.807, 2.05) is 0 Å². The third kappa shape index (κ3) is 5.05. The van der Waals surface area contributed by atoms with Gasteiger partial charge >= 0.3 is 12.1 Å². The number of anilines is 1. The molecule has 1 aromatic heterocycles. The number of sulfonamides is 1. The number of esters is 1. The fraction of sp³-hybridized carbons (Fsp3) is 0.120. The lowest BCUT2D eigenvalue weighted by atomic mass is 10.2. The zero-order valence-electron chi connectivity index (χ0n) is 19.1. The summed E-state index contributed by atoms with van der Waals surface area (Å²) in [5.74, 6) is -1.57. The molecular weight excluding hydrogens is 533 g/mol. The van der Waals surface area contributed by atoms with Crippen LogP contribution in [0.3, 0.4) is 0 Å². The number of hydrogen-bond donors (Lipinski definition) is 0. The van der Waals surface area contributed by atoms with Gasteiger partial charge in [-0.15, -0.1) is 0 Å². The van der Waals surface area contributed by atoms with Gasteiger partial charge in [0.1, 0.15) is 6.54 Å². The molecule has 0 atom stereocenters. The number of carbonyl (C=O) groups excluding carboxylic acids is 2. The fourth-order valence-corrected chi connectivity index (χ4v) is 5.47. The topological polar surface area (TPSA) is 85.7 Å². The van der Waals surface area contributed by atoms with Crippen LogP contribution >= 0.6 is 11.6 Å². The van der Waals surface area contributed by atoms with E-state index in [4.69, 9.17) is 16.3 Å². The number of benzene rings is 3. The van der Waals surface area contributed by atoms with Crippen molar-refractivity contribution in [3.8, 4) is 0 Å². The molecule has 0 unspecified atom stereocenters. The Balaban J connectivity index is 1.88. The largest absolute Gasteiger partial charge is 0.465 e. The second kappa shape index (κ2) is 9.91. The summed E-state index contributed by atoms with van der Waals surface area (Å²) in [6, 6.07) is 15.5. The third-order valence-corrected chi connectivity index (χ3v) is 7.63. The minimum Gasteiger partial charge on any atom is -0.465 e. The number of fused-ring (bicyclic) bond motifs is 1. The van der Waals surface area contributed by atoms with Gasteiger partial charge in [-0.05, 0) is 36.4 Å². The van der Waals surface area contributed by atoms with Gasteiger partial charge in [-0.2, -0.15) is 13.2 Å². The average Bonchev–Trinajstić information content (AvgIpc) is 3.27. The van der Waals surface area contributed by atoms with E-state index in [0.29, 0.717) is 21.8 Å². The summed E-state index contributed by atoms with van der Waals surface area (Å²) >= 11 is 6.17. The number of nitrogens with zero attached hydrogens (tertiary/aromatic N) is 2. The maximum absolute atomic E-state index is 13.6. The van der Waals surface area contributed by atoms with Crippen LogP contribution in [0.2, 0.25) is 5.02 Å². The third-order valence-electron chi connectivity index (χ3n) is 5.54. The molecule has 1 heterocycles. The summed E-state index contributed by atoms with van der Waals surface area (Å²) < 4.78 is 73.9. The molecule has 4 aromatic rings. The van der Waals surface area contributed by atoms with Crippen LogP contribution in [0.4, 0.5) is 18.9 Å². The smallest absolute Gasteiger partial charge is 0.416 e. The first kappa shape index (κ1) is 26.2. The van der Waals surface area contributed by atoms with E-state index in [9.17, 15) is 31.2 Å². The number of para-hydroxylation sites is 1. The van der Waals surface area contributed by atoms with Gasteiger partial charge in [0.25, 0.3) is 15.9 Å². The number of alkyl halides is 3. The van der Waals surface area contributed by atoms with Crippen LogP contribution in [0.5, 0.6) is 0 Å². The van der Waals surface area contributed by atoms with Crippen molar-refractivity contribution in [3.05, 3.63) is 95.1 Å². The quantitative estimate of drug-likeness (QED) is 0.290. The Kier molecular flexibility index (Phi) is 7.03. The van der Waals surface area contributed by atoms with Gasteiger partial charge in [0, 0.05) is 11.6 Å². The standard InChI is InChI=1S/C25H18ClF3N2O5S/c1-36-24(33)19-14-30(21-10-6-5-9-18(19)21)23(32)15-31(37(34,35)17-7-3-2-4-8-17)22-13-16(25(27,28)29)11-12-20(22)26/h2-14H,15H2,1H3. The van der Waals surface area contributed by atoms with Gasteiger partial charge in [0.15, 0.2) is 0 Å². The van der Waals surface area contributed by atoms with Crippen molar-refractivity contribution in [3.63, 3.8) is 0 Å². The van der Waals surface area contributed by atoms with Crippen molar-refractivity contribution in [1.29, 1.82) is 0 Å². The van der Waals surface area contributed by atoms with Crippen LogP contribution in [0.25, 0.3) is 10.9 Å². The Labute approximate surface area is 214 Å². The molecule has 0 saturated heterocycles. The van der Waals surface area contributed by atoms with Crippen molar-refractivity contribution in [1.82, 2.24) is 4.57 Å². The molecule has 0 bridgehead atoms. The molecule has 0 fully saturated rings. The molecule has 12 heteroatoms. The van der Waals surface area contributed by atoms with E-state index in [-0.39, 0.29) is 21.0 Å². The number of rotatable bonds is 6. The van der Waals surface area contributed by atoms with Crippen molar-refractivity contribution in [2.24, 2.45) is 0 Å². The maximum Gasteiger partial charge on any atom is 0.416 e. The lowest BCUT2D eigenvalue weighted by Crippen LogP contribution is -2.38. The summed E-state index contributed by atoms with van der Waals surface area (Å²) in [4.78, 5) is 25.5. The van der Waals surface area contributed by atoms with Crippen LogP contribution in [-0.4, -0.2) is 38.5 Å². The second-order valence-electron chi connectivity index (χ2n) is 7.80. The van der Waals surface area contributed by atoms with Crippen LogP contribution in [0.1, 0.15) is 20.7 Å². The number of ether oxygens (including phenoxy) is 1. The predicted octanol–water partition coefficient (Wildman–Crippen LogP) is 5.64. The molecule has 4 rings (SSSR count). The monoisotopic (exact) mass is 550 g/mol. The molecule has 3 aromatic carbocycles. The molecule has 0 aliphatic rings. The highest BCUT2D eigenvalue weighted by Crippen LogP contribution is 2.37. The Hall–Kier alpha value is -3.83. The highest BCUT2D eigenvalue weighted by atomic mass is 35.5. The van der Waals surface area contributed by atoms with Gasteiger partial charge in [-0.1, -0.05) is 48.0 Å². The van der Waals surface area contributed by atoms with Crippen LogP contribution in [-0.2, 0) is 20.9 Å². The SMILES string of the molecule is COC(=O)c1cn(C(=O)CN(c2cc(C(F)(F)F)ccc2Cl)S(=O)(=O)c2ccccc2)c2ccccc12. The molecule has 0 N–H and O–H groups in total. The van der Waals surface area contributed by atoms with Gasteiger partial charge in [-0.3, -0.25) is 13.7 Å². The van der Waals surface area contributed by atoms with Crippen molar-refractivity contribution >= 4 is 50.1 Å². The molecule has 0 spiro atoms. The zero-order valence-corrected chi connectivity index (χ0v) is 20.6. The molecule has 7 nitrogen and oxygen atoms in total. The van der Waals surface area contributed by atoms with E-state index in [2.05, 4.69) is 0 Å². The second-order valence-corrected chi connectivity index (χ2v) is 10.1. The molecule has 192 valence electrons. The molecule has 37 heavy (non-hydrogen) atoms. The highest BCUT2D eigenvalue weighted by Gasteiger charge is 2.35. The predicted molar refractivity (Wildman–Crippen MR) is 131 cm³/mol. The minimum absolute atomic E-state index is 0.0565. The normalized spacial score (nSPS) is 11.9. The summed E-state index contributed by atoms with van der Waals surface area (Å²) in [6.45, 7) is -0.919. The number of hydrogen-bond acceptors (Lipinski definition) is 5. The molecule has 0 radical (unpaired) electrons. The van der Waals surface area contributed by atoms with Crippen LogP contribution in [0.15, 0.2) is 83.9 Å². The van der Waals surface area contributed by atoms with E-state index < -0.39 is 45.9 Å². The molecule has 0 saturated carbocycles. The number of aromatic nitrogens is 1. The lowest BCUT2D eigenvalue weighted by molar-refractivity contribution is -0.137. The first-order chi connectivity index (χ1) is 17.4. The average molecular weight is 551 g/mol. The molecule has 0 aliphatic carbocycles. The van der Waals surface area contributed by atoms with E-state index in [1.165, 1.54) is 43.6 Å². The first-order valence-electron chi connectivity index (χ1n) is 10.6. The van der Waals surface area contributed by atoms with Crippen molar-refractivity contribution in [2.75, 3.05) is 18.0 Å². The summed E-state index contributed by atoms with van der Waals surface area (Å²) in [6.07, 6.45) is -3.60. The van der Waals surface area contributed by atoms with Gasteiger partial charge in [0.05, 0.1) is 39.4 Å². The summed E-state index contributed by atoms with van der Waals surface area (Å²) in [5, 5.41) is 0.0604. The van der Waals surface area contributed by atoms with Crippen molar-refractivity contribution < 1.29 is 35.9 Å². The summed E-state index contributed by atoms with van der Waals surface area (Å²) in [7, 11) is -3.39. The summed E-state index contributed by atoms with van der Waals surface area (Å²) in [5.41, 5.74) is -1.34.